The molecule has 2 rings (SSSR count). The molecule has 0 radical (unpaired) electrons. The summed E-state index contributed by atoms with van der Waals surface area (Å²) in [7, 11) is 0. The highest BCUT2D eigenvalue weighted by Crippen LogP contribution is 2.30. The van der Waals surface area contributed by atoms with Crippen LogP contribution < -0.4 is 5.32 Å². The van der Waals surface area contributed by atoms with Crippen LogP contribution in [0.15, 0.2) is 23.1 Å². The monoisotopic (exact) mass is 165 g/mol. The van der Waals surface area contributed by atoms with Crippen LogP contribution >= 0.6 is 11.8 Å². The molecule has 0 saturated carbocycles. The van der Waals surface area contributed by atoms with Crippen molar-refractivity contribution in [2.24, 2.45) is 0 Å². The van der Waals surface area contributed by atoms with Gasteiger partial charge in [0.05, 0.1) is 0 Å². The van der Waals surface area contributed by atoms with Gasteiger partial charge < -0.3 is 5.32 Å². The Bertz CT molecular complexity index is 270. The van der Waals surface area contributed by atoms with Crippen LogP contribution in [0.4, 0.5) is 5.69 Å². The van der Waals surface area contributed by atoms with Crippen molar-refractivity contribution in [2.45, 2.75) is 11.3 Å². The largest absolute Gasteiger partial charge is 0.384 e. The fourth-order valence-electron chi connectivity index (χ4n) is 1.50. The lowest BCUT2D eigenvalue weighted by molar-refractivity contribution is 1.08. The van der Waals surface area contributed by atoms with Crippen LogP contribution in [0.2, 0.25) is 0 Å². The molecule has 1 heterocycles. The lowest BCUT2D eigenvalue weighted by Crippen LogP contribution is -1.90. The van der Waals surface area contributed by atoms with Crippen molar-refractivity contribution >= 4 is 17.4 Å². The van der Waals surface area contributed by atoms with Crippen molar-refractivity contribution in [3.05, 3.63) is 23.8 Å². The van der Waals surface area contributed by atoms with Crippen LogP contribution in [0.25, 0.3) is 0 Å². The van der Waals surface area contributed by atoms with Crippen molar-refractivity contribution in [2.75, 3.05) is 18.1 Å². The molecule has 58 valence electrons. The van der Waals surface area contributed by atoms with Gasteiger partial charge in [-0.2, -0.15) is 0 Å². The van der Waals surface area contributed by atoms with Crippen molar-refractivity contribution in [3.8, 4) is 0 Å². The van der Waals surface area contributed by atoms with Gasteiger partial charge >= 0.3 is 0 Å². The molecule has 0 aromatic heterocycles. The van der Waals surface area contributed by atoms with E-state index in [0.717, 1.165) is 6.54 Å². The molecule has 1 aromatic rings. The van der Waals surface area contributed by atoms with Gasteiger partial charge in [-0.1, -0.05) is 6.07 Å². The van der Waals surface area contributed by atoms with E-state index in [-0.39, 0.29) is 0 Å². The van der Waals surface area contributed by atoms with E-state index in [1.54, 1.807) is 0 Å². The standard InChI is InChI=1S/C9H11NS/c1-11-9-4-2-3-8-7(9)5-6-10-8/h2-4,10H,5-6H2,1H3. The Kier molecular flexibility index (Phi) is 1.78. The lowest BCUT2D eigenvalue weighted by atomic mass is 10.2. The first-order valence-corrected chi connectivity index (χ1v) is 5.04. The topological polar surface area (TPSA) is 12.0 Å². The second-order valence-electron chi connectivity index (χ2n) is 2.66. The van der Waals surface area contributed by atoms with Gasteiger partial charge in [-0.3, -0.25) is 0 Å². The number of benzene rings is 1. The van der Waals surface area contributed by atoms with Crippen LogP contribution in [-0.4, -0.2) is 12.8 Å². The smallest absolute Gasteiger partial charge is 0.0384 e. The highest BCUT2D eigenvalue weighted by molar-refractivity contribution is 7.98. The Hall–Kier alpha value is -0.630. The van der Waals surface area contributed by atoms with E-state index >= 15 is 0 Å². The molecule has 1 aliphatic heterocycles. The number of nitrogens with one attached hydrogen (secondary N) is 1. The number of anilines is 1. The molecule has 0 unspecified atom stereocenters. The Balaban J connectivity index is 2.50. The number of fused-ring (bicyclic) bond motifs is 1. The summed E-state index contributed by atoms with van der Waals surface area (Å²) in [5.41, 5.74) is 2.83. The maximum absolute atomic E-state index is 3.36. The lowest BCUT2D eigenvalue weighted by Gasteiger charge is -2.03. The Labute approximate surface area is 71.2 Å². The molecule has 0 amide bonds. The minimum Gasteiger partial charge on any atom is -0.384 e. The summed E-state index contributed by atoms with van der Waals surface area (Å²) in [6.45, 7) is 1.10. The van der Waals surface area contributed by atoms with Crippen molar-refractivity contribution < 1.29 is 0 Å². The predicted octanol–water partition coefficient (Wildman–Crippen LogP) is 2.38. The minimum atomic E-state index is 1.10. The normalized spacial score (nSPS) is 14.3. The molecule has 1 aromatic carbocycles. The molecule has 2 heteroatoms. The molecule has 0 aliphatic carbocycles. The van der Waals surface area contributed by atoms with Gasteiger partial charge in [-0.05, 0) is 30.4 Å². The molecule has 1 nitrogen and oxygen atoms in total. The Morgan fingerprint density at radius 3 is 3.18 bits per heavy atom. The summed E-state index contributed by atoms with van der Waals surface area (Å²) in [5.74, 6) is 0. The average Bonchev–Trinajstić information content (AvgIpc) is 2.50. The number of hydrogen-bond acceptors (Lipinski definition) is 2. The Morgan fingerprint density at radius 1 is 1.45 bits per heavy atom. The van der Waals surface area contributed by atoms with E-state index in [9.17, 15) is 0 Å². The second-order valence-corrected chi connectivity index (χ2v) is 3.51. The van der Waals surface area contributed by atoms with Gasteiger partial charge in [0.1, 0.15) is 0 Å². The van der Waals surface area contributed by atoms with E-state index < -0.39 is 0 Å². The van der Waals surface area contributed by atoms with Gasteiger partial charge in [-0.15, -0.1) is 11.8 Å². The number of thioether (sulfide) groups is 1. The van der Waals surface area contributed by atoms with E-state index in [1.807, 2.05) is 11.8 Å². The van der Waals surface area contributed by atoms with Crippen LogP contribution in [0.3, 0.4) is 0 Å². The average molecular weight is 165 g/mol. The van der Waals surface area contributed by atoms with E-state index in [1.165, 1.54) is 22.6 Å². The first kappa shape index (κ1) is 7.04. The summed E-state index contributed by atoms with van der Waals surface area (Å²) in [6.07, 6.45) is 3.32. The number of hydrogen-bond donors (Lipinski definition) is 1. The fourth-order valence-corrected chi connectivity index (χ4v) is 2.18. The molecular formula is C9H11NS. The van der Waals surface area contributed by atoms with E-state index in [4.69, 9.17) is 0 Å². The highest BCUT2D eigenvalue weighted by Gasteiger charge is 2.12. The zero-order valence-electron chi connectivity index (χ0n) is 6.55. The molecule has 1 aliphatic rings. The molecule has 0 spiro atoms. The van der Waals surface area contributed by atoms with E-state index in [2.05, 4.69) is 29.8 Å². The Morgan fingerprint density at radius 2 is 2.36 bits per heavy atom. The van der Waals surface area contributed by atoms with Crippen LogP contribution in [0.5, 0.6) is 0 Å². The summed E-state index contributed by atoms with van der Waals surface area (Å²) in [6, 6.07) is 6.46. The maximum Gasteiger partial charge on any atom is 0.0384 e. The van der Waals surface area contributed by atoms with Crippen LogP contribution in [-0.2, 0) is 6.42 Å². The SMILES string of the molecule is CSc1cccc2c1CCN2. The third-order valence-corrected chi connectivity index (χ3v) is 2.87. The summed E-state index contributed by atoms with van der Waals surface area (Å²) in [4.78, 5) is 1.42. The molecule has 0 atom stereocenters. The summed E-state index contributed by atoms with van der Waals surface area (Å²) >= 11 is 1.83. The van der Waals surface area contributed by atoms with Gasteiger partial charge in [0.25, 0.3) is 0 Å². The maximum atomic E-state index is 3.36. The molecular weight excluding hydrogens is 154 g/mol. The van der Waals surface area contributed by atoms with Crippen LogP contribution in [0.1, 0.15) is 5.56 Å². The van der Waals surface area contributed by atoms with E-state index in [0.29, 0.717) is 0 Å². The van der Waals surface area contributed by atoms with Gasteiger partial charge in [0, 0.05) is 17.1 Å². The fraction of sp³-hybridized carbons (Fsp3) is 0.333. The third-order valence-electron chi connectivity index (χ3n) is 2.04. The third kappa shape index (κ3) is 1.11. The summed E-state index contributed by atoms with van der Waals surface area (Å²) < 4.78 is 0. The highest BCUT2D eigenvalue weighted by atomic mass is 32.2. The van der Waals surface area contributed by atoms with Gasteiger partial charge in [-0.25, -0.2) is 0 Å². The minimum absolute atomic E-state index is 1.10. The molecule has 0 fully saturated rings. The molecule has 0 bridgehead atoms. The first-order chi connectivity index (χ1) is 5.42. The zero-order valence-corrected chi connectivity index (χ0v) is 7.37. The van der Waals surface area contributed by atoms with Crippen molar-refractivity contribution in [3.63, 3.8) is 0 Å². The summed E-state index contributed by atoms with van der Waals surface area (Å²) in [5, 5.41) is 3.36. The molecule has 0 saturated heterocycles. The molecule has 1 N–H and O–H groups in total. The quantitative estimate of drug-likeness (QED) is 0.641. The van der Waals surface area contributed by atoms with Gasteiger partial charge in [0.2, 0.25) is 0 Å². The molecule has 11 heavy (non-hydrogen) atoms. The predicted molar refractivity (Wildman–Crippen MR) is 50.4 cm³/mol. The van der Waals surface area contributed by atoms with Gasteiger partial charge in [0.15, 0.2) is 0 Å². The van der Waals surface area contributed by atoms with Crippen molar-refractivity contribution in [1.29, 1.82) is 0 Å². The van der Waals surface area contributed by atoms with Crippen LogP contribution in [0, 0.1) is 0 Å². The first-order valence-electron chi connectivity index (χ1n) is 3.81. The second kappa shape index (κ2) is 2.78. The zero-order chi connectivity index (χ0) is 7.68. The number of rotatable bonds is 1. The van der Waals surface area contributed by atoms with Crippen molar-refractivity contribution in [1.82, 2.24) is 0 Å².